The zero-order valence-electron chi connectivity index (χ0n) is 10.2. The van der Waals surface area contributed by atoms with Crippen molar-refractivity contribution in [1.29, 1.82) is 0 Å². The van der Waals surface area contributed by atoms with Crippen molar-refractivity contribution in [3.05, 3.63) is 24.3 Å². The molecule has 1 amide bonds. The van der Waals surface area contributed by atoms with Gasteiger partial charge in [-0.1, -0.05) is 0 Å². The van der Waals surface area contributed by atoms with Gasteiger partial charge in [-0.15, -0.1) is 0 Å². The molecule has 0 bridgehead atoms. The van der Waals surface area contributed by atoms with Gasteiger partial charge in [0.2, 0.25) is 0 Å². The average Bonchev–Trinajstić information content (AvgIpc) is 2.29. The Bertz CT molecular complexity index is 339. The molecular weight excluding hydrogens is 256 g/mol. The number of hydrogen-bond acceptors (Lipinski definition) is 2. The molecule has 96 valence electrons. The molecule has 0 aliphatic heterocycles. The molecule has 0 spiro atoms. The number of nitrogens with two attached hydrogens (primary N) is 1. The number of nitrogen functional groups attached to an aromatic ring is 1. The minimum atomic E-state index is 0. The van der Waals surface area contributed by atoms with E-state index < -0.39 is 0 Å². The smallest absolute Gasteiger partial charge is 0.274 e. The van der Waals surface area contributed by atoms with Crippen LogP contribution in [0.2, 0.25) is 0 Å². The highest BCUT2D eigenvalue weighted by Crippen LogP contribution is 2.10. The molecule has 1 aromatic rings. The van der Waals surface area contributed by atoms with Gasteiger partial charge in [-0.25, -0.2) is 0 Å². The molecule has 3 N–H and O–H groups in total. The number of anilines is 2. The van der Waals surface area contributed by atoms with E-state index in [1.54, 1.807) is 12.1 Å². The highest BCUT2D eigenvalue weighted by Gasteiger charge is 2.17. The van der Waals surface area contributed by atoms with Crippen LogP contribution in [0.5, 0.6) is 0 Å². The Morgan fingerprint density at radius 1 is 1.24 bits per heavy atom. The Hall–Kier alpha value is -0.870. The molecule has 1 aromatic carbocycles. The predicted octanol–water partition coefficient (Wildman–Crippen LogP) is -1.13. The number of nitrogens with one attached hydrogen (secondary N) is 1. The lowest BCUT2D eigenvalue weighted by molar-refractivity contribution is -0.113. The molecule has 0 fully saturated rings. The monoisotopic (exact) mass is 274 g/mol. The summed E-state index contributed by atoms with van der Waals surface area (Å²) < 4.78 is 0. The Morgan fingerprint density at radius 2 is 1.76 bits per heavy atom. The van der Waals surface area contributed by atoms with E-state index in [4.69, 9.17) is 5.73 Å². The van der Waals surface area contributed by atoms with E-state index in [1.165, 1.54) is 0 Å². The summed E-state index contributed by atoms with van der Waals surface area (Å²) in [6.45, 7) is 4.26. The van der Waals surface area contributed by atoms with Crippen molar-refractivity contribution >= 4 is 28.2 Å². The molecule has 5 heteroatoms. The zero-order chi connectivity index (χ0) is 12.0. The van der Waals surface area contributed by atoms with Crippen molar-refractivity contribution in [3.63, 3.8) is 0 Å². The fourth-order valence-corrected chi connectivity index (χ4v) is 2.62. The average molecular weight is 275 g/mol. The summed E-state index contributed by atoms with van der Waals surface area (Å²) in [7, 11) is 0.217. The molecule has 1 rings (SSSR count). The Labute approximate surface area is 112 Å². The lowest BCUT2D eigenvalue weighted by Crippen LogP contribution is -3.00. The summed E-state index contributed by atoms with van der Waals surface area (Å²) in [5.41, 5.74) is 7.09. The van der Waals surface area contributed by atoms with Gasteiger partial charge >= 0.3 is 0 Å². The summed E-state index contributed by atoms with van der Waals surface area (Å²) in [5, 5.41) is 2.88. The van der Waals surface area contributed by atoms with Crippen molar-refractivity contribution in [2.75, 3.05) is 28.3 Å². The van der Waals surface area contributed by atoms with Crippen LogP contribution in [0.3, 0.4) is 0 Å². The summed E-state index contributed by atoms with van der Waals surface area (Å²) in [6, 6.07) is 7.22. The molecule has 0 aromatic heterocycles. The van der Waals surface area contributed by atoms with Gasteiger partial charge < -0.3 is 23.5 Å². The molecule has 0 heterocycles. The highest BCUT2D eigenvalue weighted by molar-refractivity contribution is 7.97. The fourth-order valence-electron chi connectivity index (χ4n) is 1.36. The molecule has 0 aliphatic rings. The van der Waals surface area contributed by atoms with Crippen molar-refractivity contribution in [2.45, 2.75) is 13.8 Å². The third kappa shape index (κ3) is 5.84. The van der Waals surface area contributed by atoms with E-state index in [2.05, 4.69) is 19.2 Å². The largest absolute Gasteiger partial charge is 1.00 e. The maximum atomic E-state index is 11.7. The number of benzene rings is 1. The summed E-state index contributed by atoms with van der Waals surface area (Å²) in [5.74, 6) is 2.87. The van der Waals surface area contributed by atoms with E-state index in [-0.39, 0.29) is 29.2 Å². The minimum absolute atomic E-state index is 0. The van der Waals surface area contributed by atoms with Gasteiger partial charge in [-0.05, 0) is 49.0 Å². The van der Waals surface area contributed by atoms with E-state index in [1.807, 2.05) is 12.1 Å². The van der Waals surface area contributed by atoms with Crippen LogP contribution >= 0.6 is 0 Å². The van der Waals surface area contributed by atoms with E-state index in [0.29, 0.717) is 11.4 Å². The number of rotatable bonds is 5. The molecule has 0 saturated heterocycles. The first kappa shape index (κ1) is 16.1. The highest BCUT2D eigenvalue weighted by atomic mass is 35.5. The molecule has 3 nitrogen and oxygen atoms in total. The third-order valence-electron chi connectivity index (χ3n) is 2.35. The van der Waals surface area contributed by atoms with E-state index in [0.717, 1.165) is 17.2 Å². The van der Waals surface area contributed by atoms with Gasteiger partial charge in [0.05, 0.1) is 0 Å². The first-order valence-corrected chi connectivity index (χ1v) is 7.18. The first-order valence-electron chi connectivity index (χ1n) is 5.45. The van der Waals surface area contributed by atoms with Gasteiger partial charge in [0.1, 0.15) is 11.5 Å². The molecule has 0 unspecified atom stereocenters. The van der Waals surface area contributed by atoms with Gasteiger partial charge in [-0.2, -0.15) is 0 Å². The fraction of sp³-hybridized carbons (Fsp3) is 0.417. The second kappa shape index (κ2) is 8.25. The number of carbonyl (C=O) groups is 1. The van der Waals surface area contributed by atoms with Crippen molar-refractivity contribution in [2.24, 2.45) is 0 Å². The Morgan fingerprint density at radius 3 is 2.24 bits per heavy atom. The van der Waals surface area contributed by atoms with Crippen LogP contribution in [0.1, 0.15) is 13.8 Å². The van der Waals surface area contributed by atoms with E-state index >= 15 is 0 Å². The predicted molar refractivity (Wildman–Crippen MR) is 72.8 cm³/mol. The normalized spacial score (nSPS) is 9.82. The van der Waals surface area contributed by atoms with Crippen LogP contribution in [0, 0.1) is 0 Å². The first-order chi connectivity index (χ1) is 7.65. The standard InChI is InChI=1S/C12H18N2OS.ClH/c1-3-16(4-2)9-12(15)14-11-7-5-10(13)6-8-11;/h5-8H,3-4,9,13H2,1-2H3;1H. The molecule has 0 aliphatic carbocycles. The van der Waals surface area contributed by atoms with Crippen molar-refractivity contribution < 1.29 is 17.2 Å². The van der Waals surface area contributed by atoms with Gasteiger partial charge in [0, 0.05) is 11.4 Å². The van der Waals surface area contributed by atoms with Crippen LogP contribution in [0.15, 0.2) is 24.3 Å². The van der Waals surface area contributed by atoms with Gasteiger partial charge in [0.15, 0.2) is 5.75 Å². The second-order valence-corrected chi connectivity index (χ2v) is 6.17. The summed E-state index contributed by atoms with van der Waals surface area (Å²) >= 11 is 0. The van der Waals surface area contributed by atoms with Gasteiger partial charge in [0.25, 0.3) is 5.91 Å². The minimum Gasteiger partial charge on any atom is -1.00 e. The SMILES string of the molecule is CC[S+](CC)CC(=O)Nc1ccc(N)cc1.[Cl-]. The van der Waals surface area contributed by atoms with Crippen LogP contribution < -0.4 is 23.5 Å². The van der Waals surface area contributed by atoms with Crippen LogP contribution in [0.25, 0.3) is 0 Å². The maximum absolute atomic E-state index is 11.7. The Kier molecular flexibility index (Phi) is 7.83. The second-order valence-electron chi connectivity index (χ2n) is 3.50. The molecule has 0 saturated carbocycles. The molecule has 17 heavy (non-hydrogen) atoms. The maximum Gasteiger partial charge on any atom is 0.274 e. The Balaban J connectivity index is 0.00000256. The summed E-state index contributed by atoms with van der Waals surface area (Å²) in [4.78, 5) is 11.7. The zero-order valence-corrected chi connectivity index (χ0v) is 11.8. The van der Waals surface area contributed by atoms with Crippen LogP contribution in [0.4, 0.5) is 11.4 Å². The van der Waals surface area contributed by atoms with Crippen LogP contribution in [-0.2, 0) is 15.7 Å². The number of carbonyl (C=O) groups excluding carboxylic acids is 1. The molecule has 0 atom stereocenters. The number of halogens is 1. The lowest BCUT2D eigenvalue weighted by Gasteiger charge is -2.06. The van der Waals surface area contributed by atoms with Gasteiger partial charge in [-0.3, -0.25) is 4.79 Å². The third-order valence-corrected chi connectivity index (χ3v) is 4.65. The lowest BCUT2D eigenvalue weighted by atomic mass is 10.3. The summed E-state index contributed by atoms with van der Waals surface area (Å²) in [6.07, 6.45) is 0. The topological polar surface area (TPSA) is 55.1 Å². The van der Waals surface area contributed by atoms with E-state index in [9.17, 15) is 4.79 Å². The van der Waals surface area contributed by atoms with Crippen molar-refractivity contribution in [1.82, 2.24) is 0 Å². The quantitative estimate of drug-likeness (QED) is 0.527. The molecule has 0 radical (unpaired) electrons. The number of amides is 1. The molecular formula is C12H19ClN2OS. The van der Waals surface area contributed by atoms with Crippen LogP contribution in [-0.4, -0.2) is 23.2 Å². The number of hydrogen-bond donors (Lipinski definition) is 2. The van der Waals surface area contributed by atoms with Crippen molar-refractivity contribution in [3.8, 4) is 0 Å².